The first-order valence-corrected chi connectivity index (χ1v) is 5.04. The molecule has 0 aliphatic heterocycles. The van der Waals surface area contributed by atoms with E-state index in [-0.39, 0.29) is 0 Å². The molecule has 80 valence electrons. The Balaban J connectivity index is 2.65. The van der Waals surface area contributed by atoms with E-state index in [1.165, 1.54) is 5.56 Å². The van der Waals surface area contributed by atoms with Crippen LogP contribution in [0.5, 0.6) is 0 Å². The molecule has 15 heavy (non-hydrogen) atoms. The van der Waals surface area contributed by atoms with E-state index in [0.29, 0.717) is 6.42 Å². The summed E-state index contributed by atoms with van der Waals surface area (Å²) < 4.78 is 0. The van der Waals surface area contributed by atoms with E-state index in [0.717, 1.165) is 24.3 Å². The maximum atomic E-state index is 8.48. The molecule has 3 nitrogen and oxygen atoms in total. The largest absolute Gasteiger partial charge is 0.399 e. The van der Waals surface area contributed by atoms with Crippen molar-refractivity contribution in [1.29, 1.82) is 5.26 Å². The van der Waals surface area contributed by atoms with Crippen LogP contribution in [0.4, 0.5) is 5.69 Å². The minimum Gasteiger partial charge on any atom is -0.399 e. The summed E-state index contributed by atoms with van der Waals surface area (Å²) >= 11 is 0. The Labute approximate surface area is 91.1 Å². The molecule has 0 fully saturated rings. The van der Waals surface area contributed by atoms with Crippen LogP contribution in [0.15, 0.2) is 18.2 Å². The van der Waals surface area contributed by atoms with Gasteiger partial charge in [0.1, 0.15) is 0 Å². The van der Waals surface area contributed by atoms with E-state index in [1.54, 1.807) is 0 Å². The molecular formula is C12H17N3. The fraction of sp³-hybridized carbons (Fsp3) is 0.417. The lowest BCUT2D eigenvalue weighted by molar-refractivity contribution is 0.334. The molecule has 0 spiro atoms. The van der Waals surface area contributed by atoms with Gasteiger partial charge in [0.25, 0.3) is 0 Å². The highest BCUT2D eigenvalue weighted by atomic mass is 15.1. The molecule has 1 aromatic rings. The van der Waals surface area contributed by atoms with Crippen LogP contribution in [-0.4, -0.2) is 18.5 Å². The molecule has 1 rings (SSSR count). The maximum Gasteiger partial charge on any atom is 0.0635 e. The van der Waals surface area contributed by atoms with Gasteiger partial charge in [-0.05, 0) is 31.2 Å². The third kappa shape index (κ3) is 3.26. The lowest BCUT2D eigenvalue weighted by Gasteiger charge is -2.17. The summed E-state index contributed by atoms with van der Waals surface area (Å²) in [5, 5.41) is 8.48. The van der Waals surface area contributed by atoms with Gasteiger partial charge in [-0.2, -0.15) is 5.26 Å². The number of benzene rings is 1. The molecule has 0 saturated heterocycles. The van der Waals surface area contributed by atoms with E-state index in [9.17, 15) is 0 Å². The number of nitrogens with zero attached hydrogens (tertiary/aromatic N) is 2. The fourth-order valence-electron chi connectivity index (χ4n) is 1.49. The standard InChI is InChI=1S/C12H17N3/c1-10-11(5-3-6-12(10)14)9-15(2)8-4-7-13/h3,5-6H,4,8-9,14H2,1-2H3. The van der Waals surface area contributed by atoms with Gasteiger partial charge in [-0.1, -0.05) is 12.1 Å². The second-order valence-electron chi connectivity index (χ2n) is 3.78. The summed E-state index contributed by atoms with van der Waals surface area (Å²) in [5.74, 6) is 0. The van der Waals surface area contributed by atoms with Crippen molar-refractivity contribution in [2.75, 3.05) is 19.3 Å². The van der Waals surface area contributed by atoms with Crippen LogP contribution in [0.25, 0.3) is 0 Å². The molecule has 0 aliphatic rings. The number of rotatable bonds is 4. The Bertz CT molecular complexity index is 366. The molecule has 0 unspecified atom stereocenters. The molecule has 2 N–H and O–H groups in total. The normalized spacial score (nSPS) is 10.3. The molecule has 0 amide bonds. The first kappa shape index (κ1) is 11.5. The van der Waals surface area contributed by atoms with E-state index in [1.807, 2.05) is 26.1 Å². The van der Waals surface area contributed by atoms with E-state index < -0.39 is 0 Å². The second-order valence-corrected chi connectivity index (χ2v) is 3.78. The quantitative estimate of drug-likeness (QED) is 0.761. The maximum absolute atomic E-state index is 8.48. The molecule has 0 heterocycles. The highest BCUT2D eigenvalue weighted by molar-refractivity contribution is 5.49. The summed E-state index contributed by atoms with van der Waals surface area (Å²) in [6.45, 7) is 3.67. The van der Waals surface area contributed by atoms with E-state index in [2.05, 4.69) is 17.0 Å². The summed E-state index contributed by atoms with van der Waals surface area (Å²) in [4.78, 5) is 2.13. The summed E-state index contributed by atoms with van der Waals surface area (Å²) in [6.07, 6.45) is 0.567. The van der Waals surface area contributed by atoms with Crippen LogP contribution in [0.1, 0.15) is 17.5 Å². The zero-order valence-electron chi connectivity index (χ0n) is 9.33. The second kappa shape index (κ2) is 5.38. The van der Waals surface area contributed by atoms with Crippen molar-refractivity contribution in [3.8, 4) is 6.07 Å². The number of hydrogen-bond acceptors (Lipinski definition) is 3. The number of hydrogen-bond donors (Lipinski definition) is 1. The summed E-state index contributed by atoms with van der Waals surface area (Å²) in [6, 6.07) is 8.10. The Morgan fingerprint density at radius 2 is 2.20 bits per heavy atom. The van der Waals surface area contributed by atoms with Crippen molar-refractivity contribution >= 4 is 5.69 Å². The number of anilines is 1. The molecule has 3 heteroatoms. The lowest BCUT2D eigenvalue weighted by Crippen LogP contribution is -2.19. The average Bonchev–Trinajstić information content (AvgIpc) is 2.22. The molecule has 0 bridgehead atoms. The first-order chi connectivity index (χ1) is 7.15. The molecule has 0 atom stereocenters. The smallest absolute Gasteiger partial charge is 0.0635 e. The summed E-state index contributed by atoms with van der Waals surface area (Å²) in [5.41, 5.74) is 9.03. The van der Waals surface area contributed by atoms with Gasteiger partial charge in [-0.25, -0.2) is 0 Å². The SMILES string of the molecule is Cc1c(N)cccc1CN(C)CCC#N. The van der Waals surface area contributed by atoms with Crippen molar-refractivity contribution in [2.24, 2.45) is 0 Å². The van der Waals surface area contributed by atoms with Crippen molar-refractivity contribution in [1.82, 2.24) is 4.90 Å². The van der Waals surface area contributed by atoms with Crippen molar-refractivity contribution in [3.63, 3.8) is 0 Å². The van der Waals surface area contributed by atoms with E-state index in [4.69, 9.17) is 11.0 Å². The van der Waals surface area contributed by atoms with Gasteiger partial charge in [0.15, 0.2) is 0 Å². The van der Waals surface area contributed by atoms with Gasteiger partial charge in [0, 0.05) is 25.2 Å². The van der Waals surface area contributed by atoms with Gasteiger partial charge in [-0.15, -0.1) is 0 Å². The zero-order valence-corrected chi connectivity index (χ0v) is 9.33. The van der Waals surface area contributed by atoms with Crippen molar-refractivity contribution in [3.05, 3.63) is 29.3 Å². The van der Waals surface area contributed by atoms with E-state index >= 15 is 0 Å². The summed E-state index contributed by atoms with van der Waals surface area (Å²) in [7, 11) is 2.01. The third-order valence-electron chi connectivity index (χ3n) is 2.53. The third-order valence-corrected chi connectivity index (χ3v) is 2.53. The van der Waals surface area contributed by atoms with Crippen LogP contribution < -0.4 is 5.73 Å². The molecule has 1 aromatic carbocycles. The van der Waals surface area contributed by atoms with Gasteiger partial charge >= 0.3 is 0 Å². The minimum absolute atomic E-state index is 0.567. The number of nitrogens with two attached hydrogens (primary N) is 1. The van der Waals surface area contributed by atoms with Crippen LogP contribution in [-0.2, 0) is 6.54 Å². The van der Waals surface area contributed by atoms with Gasteiger partial charge in [0.05, 0.1) is 6.07 Å². The average molecular weight is 203 g/mol. The zero-order chi connectivity index (χ0) is 11.3. The molecule has 0 aliphatic carbocycles. The molecule has 0 aromatic heterocycles. The van der Waals surface area contributed by atoms with Gasteiger partial charge in [0.2, 0.25) is 0 Å². The monoisotopic (exact) mass is 203 g/mol. The Kier molecular flexibility index (Phi) is 4.14. The minimum atomic E-state index is 0.567. The highest BCUT2D eigenvalue weighted by Crippen LogP contribution is 2.16. The van der Waals surface area contributed by atoms with Crippen molar-refractivity contribution < 1.29 is 0 Å². The molecular weight excluding hydrogens is 186 g/mol. The predicted molar refractivity (Wildman–Crippen MR) is 62.2 cm³/mol. The predicted octanol–water partition coefficient (Wildman–Crippen LogP) is 1.92. The Morgan fingerprint density at radius 3 is 2.87 bits per heavy atom. The number of nitrogen functional groups attached to an aromatic ring is 1. The lowest BCUT2D eigenvalue weighted by atomic mass is 10.1. The van der Waals surface area contributed by atoms with Gasteiger partial charge in [-0.3, -0.25) is 0 Å². The Hall–Kier alpha value is -1.53. The van der Waals surface area contributed by atoms with Crippen LogP contribution >= 0.6 is 0 Å². The van der Waals surface area contributed by atoms with Crippen LogP contribution in [0, 0.1) is 18.3 Å². The highest BCUT2D eigenvalue weighted by Gasteiger charge is 2.04. The van der Waals surface area contributed by atoms with Crippen molar-refractivity contribution in [2.45, 2.75) is 19.9 Å². The van der Waals surface area contributed by atoms with Crippen LogP contribution in [0.2, 0.25) is 0 Å². The Morgan fingerprint density at radius 1 is 1.47 bits per heavy atom. The van der Waals surface area contributed by atoms with Crippen LogP contribution in [0.3, 0.4) is 0 Å². The van der Waals surface area contributed by atoms with Gasteiger partial charge < -0.3 is 10.6 Å². The number of nitriles is 1. The molecule has 0 radical (unpaired) electrons. The first-order valence-electron chi connectivity index (χ1n) is 5.04. The molecule has 0 saturated carbocycles. The topological polar surface area (TPSA) is 53.0 Å². The fourth-order valence-corrected chi connectivity index (χ4v) is 1.49.